The minimum Gasteiger partial charge on any atom is -0.461 e. The fourth-order valence-corrected chi connectivity index (χ4v) is 4.50. The fraction of sp³-hybridized carbons (Fsp3) is 0.167. The molecule has 1 N–H and O–H groups in total. The molecule has 0 aliphatic heterocycles. The number of carbonyl (C=O) groups excluding carboxylic acids is 2. The maximum Gasteiger partial charge on any atom is 0.359 e. The molecule has 0 saturated carbocycles. The van der Waals surface area contributed by atoms with Crippen LogP contribution < -0.4 is 10.9 Å². The lowest BCUT2D eigenvalue weighted by molar-refractivity contribution is 0.0520. The van der Waals surface area contributed by atoms with E-state index in [1.165, 1.54) is 0 Å². The number of nitrogens with zero attached hydrogens (tertiary/aromatic N) is 2. The lowest BCUT2D eigenvalue weighted by Crippen LogP contribution is -2.25. The van der Waals surface area contributed by atoms with Crippen LogP contribution in [-0.4, -0.2) is 28.3 Å². The van der Waals surface area contributed by atoms with Crippen LogP contribution in [0.1, 0.15) is 38.9 Å². The standard InChI is InChI=1S/C24H20BrN3O4S/c1-4-32-24(31)20-18-12-33-22(26-21(29)15-6-5-13(2)14(3)11-15)19(18)23(30)28(27-20)17-9-7-16(25)8-10-17/h5-12H,4H2,1-3H3,(H,26,29). The van der Waals surface area contributed by atoms with Gasteiger partial charge >= 0.3 is 5.97 Å². The van der Waals surface area contributed by atoms with Gasteiger partial charge in [0, 0.05) is 20.8 Å². The molecule has 0 saturated heterocycles. The van der Waals surface area contributed by atoms with Crippen molar-refractivity contribution in [1.82, 2.24) is 9.78 Å². The monoisotopic (exact) mass is 525 g/mol. The van der Waals surface area contributed by atoms with Crippen LogP contribution in [0.15, 0.2) is 57.1 Å². The Kier molecular flexibility index (Phi) is 6.44. The molecule has 9 heteroatoms. The molecule has 2 aromatic heterocycles. The van der Waals surface area contributed by atoms with Gasteiger partial charge in [0.15, 0.2) is 5.69 Å². The van der Waals surface area contributed by atoms with Gasteiger partial charge in [-0.05, 0) is 68.3 Å². The maximum atomic E-state index is 13.4. The van der Waals surface area contributed by atoms with Crippen molar-refractivity contribution in [3.05, 3.63) is 85.1 Å². The van der Waals surface area contributed by atoms with E-state index in [2.05, 4.69) is 26.3 Å². The predicted molar refractivity (Wildman–Crippen MR) is 133 cm³/mol. The highest BCUT2D eigenvalue weighted by Crippen LogP contribution is 2.31. The molecule has 0 radical (unpaired) electrons. The highest BCUT2D eigenvalue weighted by Gasteiger charge is 2.23. The quantitative estimate of drug-likeness (QED) is 0.359. The number of benzene rings is 2. The zero-order valence-corrected chi connectivity index (χ0v) is 20.5. The van der Waals surface area contributed by atoms with Crippen molar-refractivity contribution in [1.29, 1.82) is 0 Å². The number of carbonyl (C=O) groups is 2. The maximum absolute atomic E-state index is 13.4. The number of rotatable bonds is 5. The van der Waals surface area contributed by atoms with Crippen molar-refractivity contribution < 1.29 is 14.3 Å². The van der Waals surface area contributed by atoms with E-state index in [1.807, 2.05) is 19.9 Å². The minimum atomic E-state index is -0.641. The Balaban J connectivity index is 1.87. The summed E-state index contributed by atoms with van der Waals surface area (Å²) in [6, 6.07) is 12.4. The molecule has 0 atom stereocenters. The molecule has 0 aliphatic rings. The summed E-state index contributed by atoms with van der Waals surface area (Å²) in [5.41, 5.74) is 2.59. The first-order valence-electron chi connectivity index (χ1n) is 10.2. The molecule has 4 aromatic rings. The summed E-state index contributed by atoms with van der Waals surface area (Å²) >= 11 is 4.53. The number of anilines is 1. The summed E-state index contributed by atoms with van der Waals surface area (Å²) in [4.78, 5) is 39.0. The Morgan fingerprint density at radius 1 is 1.12 bits per heavy atom. The topological polar surface area (TPSA) is 90.3 Å². The highest BCUT2D eigenvalue weighted by molar-refractivity contribution is 9.10. The third-order valence-corrected chi connectivity index (χ3v) is 6.61. The van der Waals surface area contributed by atoms with E-state index in [9.17, 15) is 14.4 Å². The van der Waals surface area contributed by atoms with Crippen molar-refractivity contribution in [2.24, 2.45) is 0 Å². The predicted octanol–water partition coefficient (Wildman–Crippen LogP) is 5.26. The number of ether oxygens (including phenoxy) is 1. The second-order valence-electron chi connectivity index (χ2n) is 7.37. The van der Waals surface area contributed by atoms with Crippen molar-refractivity contribution in [3.63, 3.8) is 0 Å². The normalized spacial score (nSPS) is 10.9. The average Bonchev–Trinajstić information content (AvgIpc) is 3.21. The molecule has 0 spiro atoms. The van der Waals surface area contributed by atoms with Crippen molar-refractivity contribution in [3.8, 4) is 5.69 Å². The molecule has 7 nitrogen and oxygen atoms in total. The Morgan fingerprint density at radius 3 is 2.52 bits per heavy atom. The number of esters is 1. The Hall–Kier alpha value is -3.30. The first-order chi connectivity index (χ1) is 15.8. The molecule has 168 valence electrons. The molecule has 0 aliphatic carbocycles. The van der Waals surface area contributed by atoms with Crippen LogP contribution in [0.3, 0.4) is 0 Å². The molecule has 0 unspecified atom stereocenters. The summed E-state index contributed by atoms with van der Waals surface area (Å²) in [6.45, 7) is 5.77. The van der Waals surface area contributed by atoms with Gasteiger partial charge in [0.05, 0.1) is 17.7 Å². The summed E-state index contributed by atoms with van der Waals surface area (Å²) in [6.07, 6.45) is 0. The zero-order chi connectivity index (χ0) is 23.7. The van der Waals surface area contributed by atoms with Crippen LogP contribution >= 0.6 is 27.3 Å². The average molecular weight is 526 g/mol. The molecular weight excluding hydrogens is 506 g/mol. The highest BCUT2D eigenvalue weighted by atomic mass is 79.9. The number of thiophene rings is 1. The summed E-state index contributed by atoms with van der Waals surface area (Å²) in [7, 11) is 0. The number of hydrogen-bond acceptors (Lipinski definition) is 6. The molecular formula is C24H20BrN3O4S. The Bertz CT molecular complexity index is 1440. The molecule has 2 heterocycles. The van der Waals surface area contributed by atoms with Gasteiger partial charge in [0.25, 0.3) is 11.5 Å². The fourth-order valence-electron chi connectivity index (χ4n) is 3.31. The van der Waals surface area contributed by atoms with E-state index in [4.69, 9.17) is 4.74 Å². The number of halogens is 1. The molecule has 33 heavy (non-hydrogen) atoms. The number of aryl methyl sites for hydroxylation is 2. The van der Waals surface area contributed by atoms with Crippen molar-refractivity contribution >= 4 is 54.9 Å². The third-order valence-electron chi connectivity index (χ3n) is 5.19. The van der Waals surface area contributed by atoms with E-state index < -0.39 is 11.5 Å². The van der Waals surface area contributed by atoms with E-state index in [-0.39, 0.29) is 23.6 Å². The van der Waals surface area contributed by atoms with Gasteiger partial charge in [-0.1, -0.05) is 22.0 Å². The molecule has 1 amide bonds. The van der Waals surface area contributed by atoms with Crippen LogP contribution in [0.4, 0.5) is 5.00 Å². The summed E-state index contributed by atoms with van der Waals surface area (Å²) in [5, 5.41) is 9.66. The van der Waals surface area contributed by atoms with Crippen LogP contribution in [-0.2, 0) is 4.74 Å². The van der Waals surface area contributed by atoms with E-state index >= 15 is 0 Å². The first kappa shape index (κ1) is 22.9. The Labute approximate surface area is 202 Å². The van der Waals surface area contributed by atoms with E-state index in [1.54, 1.807) is 48.7 Å². The van der Waals surface area contributed by atoms with Gasteiger partial charge in [-0.15, -0.1) is 11.3 Å². The second-order valence-corrected chi connectivity index (χ2v) is 9.16. The van der Waals surface area contributed by atoms with Gasteiger partial charge in [0.1, 0.15) is 5.00 Å². The van der Waals surface area contributed by atoms with E-state index in [0.717, 1.165) is 31.6 Å². The van der Waals surface area contributed by atoms with Crippen LogP contribution in [0.25, 0.3) is 16.5 Å². The molecule has 4 rings (SSSR count). The minimum absolute atomic E-state index is 0.0114. The zero-order valence-electron chi connectivity index (χ0n) is 18.1. The number of fused-ring (bicyclic) bond motifs is 1. The van der Waals surface area contributed by atoms with Gasteiger partial charge < -0.3 is 10.1 Å². The molecule has 0 bridgehead atoms. The van der Waals surface area contributed by atoms with Gasteiger partial charge in [0.2, 0.25) is 0 Å². The smallest absolute Gasteiger partial charge is 0.359 e. The van der Waals surface area contributed by atoms with Crippen LogP contribution in [0, 0.1) is 13.8 Å². The van der Waals surface area contributed by atoms with Gasteiger partial charge in [-0.2, -0.15) is 9.78 Å². The lowest BCUT2D eigenvalue weighted by Gasteiger charge is -2.10. The largest absolute Gasteiger partial charge is 0.461 e. The summed E-state index contributed by atoms with van der Waals surface area (Å²) < 4.78 is 7.15. The van der Waals surface area contributed by atoms with Crippen molar-refractivity contribution in [2.45, 2.75) is 20.8 Å². The van der Waals surface area contributed by atoms with Gasteiger partial charge in [-0.3, -0.25) is 9.59 Å². The number of hydrogen-bond donors (Lipinski definition) is 1. The number of nitrogens with one attached hydrogen (secondary N) is 1. The van der Waals surface area contributed by atoms with Crippen molar-refractivity contribution in [2.75, 3.05) is 11.9 Å². The van der Waals surface area contributed by atoms with E-state index in [0.29, 0.717) is 21.6 Å². The number of aromatic nitrogens is 2. The number of amides is 1. The second kappa shape index (κ2) is 9.29. The third kappa shape index (κ3) is 4.46. The Morgan fingerprint density at radius 2 is 1.85 bits per heavy atom. The first-order valence-corrected chi connectivity index (χ1v) is 11.8. The molecule has 2 aromatic carbocycles. The van der Waals surface area contributed by atoms with Gasteiger partial charge in [-0.25, -0.2) is 4.79 Å². The molecule has 0 fully saturated rings. The lowest BCUT2D eigenvalue weighted by atomic mass is 10.1. The summed E-state index contributed by atoms with van der Waals surface area (Å²) in [5.74, 6) is -0.982. The van der Waals surface area contributed by atoms with Crippen LogP contribution in [0.2, 0.25) is 0 Å². The SMILES string of the molecule is CCOC(=O)c1nn(-c2ccc(Br)cc2)c(=O)c2c(NC(=O)c3ccc(C)c(C)c3)scc12. The van der Waals surface area contributed by atoms with Crippen LogP contribution in [0.5, 0.6) is 0 Å².